The van der Waals surface area contributed by atoms with E-state index in [0.29, 0.717) is 5.88 Å². The van der Waals surface area contributed by atoms with Gasteiger partial charge in [-0.2, -0.15) is 0 Å². The van der Waals surface area contributed by atoms with E-state index in [4.69, 9.17) is 4.74 Å². The molecule has 5 aromatic rings. The predicted molar refractivity (Wildman–Crippen MR) is 111 cm³/mol. The van der Waals surface area contributed by atoms with Gasteiger partial charge in [-0.15, -0.1) is 11.3 Å². The number of nitrogens with one attached hydrogen (secondary N) is 2. The highest BCUT2D eigenvalue weighted by molar-refractivity contribution is 7.22. The molecule has 4 heterocycles. The van der Waals surface area contributed by atoms with E-state index >= 15 is 0 Å². The van der Waals surface area contributed by atoms with Gasteiger partial charge >= 0.3 is 0 Å². The second-order valence-electron chi connectivity index (χ2n) is 6.18. The molecule has 2 N–H and O–H groups in total. The first-order chi connectivity index (χ1) is 13.3. The topological polar surface area (TPSA) is 62.8 Å². The van der Waals surface area contributed by atoms with Crippen molar-refractivity contribution in [2.75, 3.05) is 12.4 Å². The van der Waals surface area contributed by atoms with Crippen LogP contribution >= 0.6 is 11.3 Å². The number of benzene rings is 1. The van der Waals surface area contributed by atoms with Gasteiger partial charge < -0.3 is 15.0 Å². The summed E-state index contributed by atoms with van der Waals surface area (Å²) in [7, 11) is 1.62. The van der Waals surface area contributed by atoms with Crippen molar-refractivity contribution in [2.45, 2.75) is 0 Å². The van der Waals surface area contributed by atoms with Crippen LogP contribution in [0.2, 0.25) is 0 Å². The van der Waals surface area contributed by atoms with Crippen molar-refractivity contribution in [3.05, 3.63) is 67.1 Å². The van der Waals surface area contributed by atoms with Crippen molar-refractivity contribution in [1.29, 1.82) is 0 Å². The molecule has 0 fully saturated rings. The average Bonchev–Trinajstić information content (AvgIpc) is 3.35. The van der Waals surface area contributed by atoms with E-state index in [2.05, 4.69) is 50.6 Å². The zero-order valence-corrected chi connectivity index (χ0v) is 15.4. The van der Waals surface area contributed by atoms with Crippen molar-refractivity contribution >= 4 is 43.8 Å². The number of aromatic nitrogens is 3. The van der Waals surface area contributed by atoms with Crippen molar-refractivity contribution in [3.8, 4) is 16.3 Å². The molecule has 132 valence electrons. The standard InChI is InChI=1S/C21H16N4OS/c1-26-20-5-2-14(12-24-20)19-11-18-21(27-19)17(7-9-23-18)25-15-3-4-16-13(10-15)6-8-22-16/h2-12,22H,1H3,(H,23,25). The Morgan fingerprint density at radius 3 is 2.85 bits per heavy atom. The van der Waals surface area contributed by atoms with Crippen molar-refractivity contribution in [1.82, 2.24) is 15.0 Å². The number of anilines is 2. The summed E-state index contributed by atoms with van der Waals surface area (Å²) in [6, 6.07) is 16.4. The number of hydrogen-bond acceptors (Lipinski definition) is 5. The molecule has 0 aliphatic heterocycles. The zero-order valence-electron chi connectivity index (χ0n) is 14.6. The van der Waals surface area contributed by atoms with Crippen LogP contribution in [0, 0.1) is 0 Å². The van der Waals surface area contributed by atoms with E-state index in [1.165, 1.54) is 5.39 Å². The summed E-state index contributed by atoms with van der Waals surface area (Å²) in [6.07, 6.45) is 5.62. The Bertz CT molecular complexity index is 1240. The molecule has 5 nitrogen and oxygen atoms in total. The number of nitrogens with zero attached hydrogens (tertiary/aromatic N) is 2. The van der Waals surface area contributed by atoms with Crippen LogP contribution in [0.4, 0.5) is 11.4 Å². The number of ether oxygens (including phenoxy) is 1. The van der Waals surface area contributed by atoms with Crippen LogP contribution in [0.1, 0.15) is 0 Å². The van der Waals surface area contributed by atoms with Crippen molar-refractivity contribution < 1.29 is 4.74 Å². The summed E-state index contributed by atoms with van der Waals surface area (Å²) in [6.45, 7) is 0. The number of H-pyrrole nitrogens is 1. The average molecular weight is 372 g/mol. The molecule has 5 rings (SSSR count). The number of aromatic amines is 1. The van der Waals surface area contributed by atoms with Crippen LogP contribution in [0.25, 0.3) is 31.6 Å². The maximum atomic E-state index is 5.14. The molecule has 0 aliphatic rings. The van der Waals surface area contributed by atoms with Gasteiger partial charge in [-0.3, -0.25) is 4.98 Å². The van der Waals surface area contributed by atoms with Crippen LogP contribution in [0.15, 0.2) is 67.1 Å². The molecule has 0 unspecified atom stereocenters. The SMILES string of the molecule is COc1ccc(-c2cc3nccc(Nc4ccc5[nH]ccc5c4)c3s2)cn1. The molecule has 0 amide bonds. The van der Waals surface area contributed by atoms with Gasteiger partial charge in [0.05, 0.1) is 23.0 Å². The fraction of sp³-hybridized carbons (Fsp3) is 0.0476. The molecule has 1 aromatic carbocycles. The number of fused-ring (bicyclic) bond motifs is 2. The lowest BCUT2D eigenvalue weighted by atomic mass is 10.2. The monoisotopic (exact) mass is 372 g/mol. The Labute approximate surface area is 159 Å². The summed E-state index contributed by atoms with van der Waals surface area (Å²) >= 11 is 1.70. The van der Waals surface area contributed by atoms with Crippen LogP contribution in [0.3, 0.4) is 0 Å². The van der Waals surface area contributed by atoms with Gasteiger partial charge in [0.1, 0.15) is 0 Å². The minimum atomic E-state index is 0.612. The minimum Gasteiger partial charge on any atom is -0.481 e. The molecule has 0 saturated carbocycles. The first kappa shape index (κ1) is 15.8. The Hall–Kier alpha value is -3.38. The van der Waals surface area contributed by atoms with Crippen molar-refractivity contribution in [2.24, 2.45) is 0 Å². The maximum absolute atomic E-state index is 5.14. The van der Waals surface area contributed by atoms with E-state index < -0.39 is 0 Å². The first-order valence-corrected chi connectivity index (χ1v) is 9.35. The van der Waals surface area contributed by atoms with E-state index in [9.17, 15) is 0 Å². The number of thiophene rings is 1. The molecular formula is C21H16N4OS. The van der Waals surface area contributed by atoms with Gasteiger partial charge in [0.25, 0.3) is 0 Å². The Morgan fingerprint density at radius 1 is 1.04 bits per heavy atom. The predicted octanol–water partition coefficient (Wildman–Crippen LogP) is 5.59. The molecule has 0 spiro atoms. The van der Waals surface area contributed by atoms with Crippen molar-refractivity contribution in [3.63, 3.8) is 0 Å². The molecule has 0 aliphatic carbocycles. The molecule has 6 heteroatoms. The second kappa shape index (κ2) is 6.41. The van der Waals surface area contributed by atoms with E-state index in [-0.39, 0.29) is 0 Å². The fourth-order valence-corrected chi connectivity index (χ4v) is 4.19. The largest absolute Gasteiger partial charge is 0.481 e. The normalized spacial score (nSPS) is 11.1. The minimum absolute atomic E-state index is 0.612. The lowest BCUT2D eigenvalue weighted by Gasteiger charge is -2.07. The van der Waals surface area contributed by atoms with Crippen LogP contribution in [0.5, 0.6) is 5.88 Å². The number of rotatable bonds is 4. The molecule has 0 bridgehead atoms. The number of hydrogen-bond donors (Lipinski definition) is 2. The lowest BCUT2D eigenvalue weighted by molar-refractivity contribution is 0.398. The third-order valence-corrected chi connectivity index (χ3v) is 5.68. The second-order valence-corrected chi connectivity index (χ2v) is 7.23. The third kappa shape index (κ3) is 2.90. The van der Waals surface area contributed by atoms with Gasteiger partial charge in [-0.1, -0.05) is 0 Å². The smallest absolute Gasteiger partial charge is 0.212 e. The van der Waals surface area contributed by atoms with Crippen LogP contribution < -0.4 is 10.1 Å². The van der Waals surface area contributed by atoms with E-state index in [1.807, 2.05) is 36.8 Å². The summed E-state index contributed by atoms with van der Waals surface area (Å²) in [5, 5.41) is 4.71. The molecular weight excluding hydrogens is 356 g/mol. The maximum Gasteiger partial charge on any atom is 0.212 e. The van der Waals surface area contributed by atoms with E-state index in [0.717, 1.165) is 37.5 Å². The highest BCUT2D eigenvalue weighted by Crippen LogP contribution is 2.37. The first-order valence-electron chi connectivity index (χ1n) is 8.53. The fourth-order valence-electron chi connectivity index (χ4n) is 3.11. The van der Waals surface area contributed by atoms with Gasteiger partial charge in [0.2, 0.25) is 5.88 Å². The van der Waals surface area contributed by atoms with E-state index in [1.54, 1.807) is 18.4 Å². The molecule has 0 radical (unpaired) electrons. The molecule has 27 heavy (non-hydrogen) atoms. The zero-order chi connectivity index (χ0) is 18.2. The number of pyridine rings is 2. The molecule has 0 atom stereocenters. The summed E-state index contributed by atoms with van der Waals surface area (Å²) < 4.78 is 6.26. The Balaban J connectivity index is 1.53. The highest BCUT2D eigenvalue weighted by Gasteiger charge is 2.10. The molecule has 4 aromatic heterocycles. The third-order valence-electron chi connectivity index (χ3n) is 4.47. The molecule has 0 saturated heterocycles. The van der Waals surface area contributed by atoms with Gasteiger partial charge in [0, 0.05) is 51.7 Å². The van der Waals surface area contributed by atoms with Gasteiger partial charge in [0.15, 0.2) is 0 Å². The van der Waals surface area contributed by atoms with Gasteiger partial charge in [-0.25, -0.2) is 4.98 Å². The lowest BCUT2D eigenvalue weighted by Crippen LogP contribution is -1.90. The number of methoxy groups -OCH3 is 1. The Morgan fingerprint density at radius 2 is 2.00 bits per heavy atom. The summed E-state index contributed by atoms with van der Waals surface area (Å²) in [5.74, 6) is 0.612. The Kier molecular flexibility index (Phi) is 3.76. The van der Waals surface area contributed by atoms with Crippen LogP contribution in [-0.4, -0.2) is 22.1 Å². The van der Waals surface area contributed by atoms with Crippen LogP contribution in [-0.2, 0) is 0 Å². The van der Waals surface area contributed by atoms with Gasteiger partial charge in [-0.05, 0) is 42.5 Å². The highest BCUT2D eigenvalue weighted by atomic mass is 32.1. The quantitative estimate of drug-likeness (QED) is 0.431. The summed E-state index contributed by atoms with van der Waals surface area (Å²) in [5.41, 5.74) is 5.26. The summed E-state index contributed by atoms with van der Waals surface area (Å²) in [4.78, 5) is 13.2.